The molecule has 3 amide bonds. The molecule has 0 bridgehead atoms. The molecule has 2 fully saturated rings. The van der Waals surface area contributed by atoms with Crippen LogP contribution in [0, 0.1) is 5.92 Å². The van der Waals surface area contributed by atoms with Gasteiger partial charge < -0.3 is 10.1 Å². The zero-order valence-corrected chi connectivity index (χ0v) is 12.1. The van der Waals surface area contributed by atoms with Crippen LogP contribution in [-0.2, 0) is 9.53 Å². The van der Waals surface area contributed by atoms with Gasteiger partial charge in [-0.15, -0.1) is 0 Å². The van der Waals surface area contributed by atoms with Crippen molar-refractivity contribution in [2.75, 3.05) is 13.2 Å². The summed E-state index contributed by atoms with van der Waals surface area (Å²) < 4.78 is 5.43. The smallest absolute Gasteiger partial charge is 0.325 e. The summed E-state index contributed by atoms with van der Waals surface area (Å²) in [6.07, 6.45) is 4.03. The van der Waals surface area contributed by atoms with Gasteiger partial charge in [0.15, 0.2) is 0 Å². The summed E-state index contributed by atoms with van der Waals surface area (Å²) in [4.78, 5) is 25.9. The van der Waals surface area contributed by atoms with Crippen LogP contribution in [0.4, 0.5) is 4.79 Å². The average Bonchev–Trinajstić information content (AvgIpc) is 2.58. The number of carbonyl (C=O) groups is 2. The lowest BCUT2D eigenvalue weighted by Crippen LogP contribution is -2.54. The van der Waals surface area contributed by atoms with E-state index in [1.807, 2.05) is 13.8 Å². The van der Waals surface area contributed by atoms with Gasteiger partial charge in [0.25, 0.3) is 5.91 Å². The van der Waals surface area contributed by atoms with Gasteiger partial charge in [-0.25, -0.2) is 4.79 Å². The van der Waals surface area contributed by atoms with Crippen LogP contribution in [0.25, 0.3) is 0 Å². The SMILES string of the molecule is CC(C)OCCN1C(=O)NC2(CCCCC2C)C1=O. The molecule has 2 rings (SSSR count). The maximum absolute atomic E-state index is 12.6. The van der Waals surface area contributed by atoms with Gasteiger partial charge in [0, 0.05) is 0 Å². The van der Waals surface area contributed by atoms with Crippen LogP contribution in [0.3, 0.4) is 0 Å². The van der Waals surface area contributed by atoms with E-state index < -0.39 is 5.54 Å². The fourth-order valence-electron chi connectivity index (χ4n) is 3.08. The maximum Gasteiger partial charge on any atom is 0.325 e. The fourth-order valence-corrected chi connectivity index (χ4v) is 3.08. The highest BCUT2D eigenvalue weighted by molar-refractivity contribution is 6.07. The van der Waals surface area contributed by atoms with Crippen molar-refractivity contribution in [3.63, 3.8) is 0 Å². The summed E-state index contributed by atoms with van der Waals surface area (Å²) in [5.74, 6) is 0.158. The van der Waals surface area contributed by atoms with Crippen molar-refractivity contribution in [1.82, 2.24) is 10.2 Å². The zero-order chi connectivity index (χ0) is 14.0. The second kappa shape index (κ2) is 5.49. The van der Waals surface area contributed by atoms with Gasteiger partial charge in [-0.1, -0.05) is 19.8 Å². The van der Waals surface area contributed by atoms with Crippen LogP contribution in [0.1, 0.15) is 46.5 Å². The lowest BCUT2D eigenvalue weighted by Gasteiger charge is -2.36. The number of imide groups is 1. The van der Waals surface area contributed by atoms with Gasteiger partial charge in [-0.2, -0.15) is 0 Å². The third-order valence-electron chi connectivity index (χ3n) is 4.27. The zero-order valence-electron chi connectivity index (χ0n) is 12.1. The van der Waals surface area contributed by atoms with Crippen LogP contribution in [0.2, 0.25) is 0 Å². The quantitative estimate of drug-likeness (QED) is 0.792. The van der Waals surface area contributed by atoms with E-state index in [2.05, 4.69) is 12.2 Å². The summed E-state index contributed by atoms with van der Waals surface area (Å²) in [5.41, 5.74) is -0.646. The number of nitrogens with zero attached hydrogens (tertiary/aromatic N) is 1. The molecule has 0 aromatic carbocycles. The average molecular weight is 268 g/mol. The first kappa shape index (κ1) is 14.3. The Morgan fingerprint density at radius 1 is 1.42 bits per heavy atom. The molecule has 2 atom stereocenters. The molecule has 1 aliphatic carbocycles. The molecule has 0 radical (unpaired) electrons. The summed E-state index contributed by atoms with van der Waals surface area (Å²) in [6, 6.07) is -0.258. The van der Waals surface area contributed by atoms with Crippen molar-refractivity contribution in [2.45, 2.75) is 58.1 Å². The van der Waals surface area contributed by atoms with Crippen molar-refractivity contribution in [3.05, 3.63) is 0 Å². The standard InChI is InChI=1S/C14H24N2O3/c1-10(2)19-9-8-16-12(17)14(15-13(16)18)7-5-4-6-11(14)3/h10-11H,4-9H2,1-3H3,(H,15,18). The minimum Gasteiger partial charge on any atom is -0.377 e. The number of nitrogens with one attached hydrogen (secondary N) is 1. The molecule has 5 nitrogen and oxygen atoms in total. The predicted octanol–water partition coefficient (Wildman–Crippen LogP) is 1.91. The Kier molecular flexibility index (Phi) is 4.13. The van der Waals surface area contributed by atoms with Gasteiger partial charge in [-0.05, 0) is 32.6 Å². The van der Waals surface area contributed by atoms with E-state index in [0.717, 1.165) is 25.7 Å². The fraction of sp³-hybridized carbons (Fsp3) is 0.857. The highest BCUT2D eigenvalue weighted by Crippen LogP contribution is 2.38. The van der Waals surface area contributed by atoms with E-state index >= 15 is 0 Å². The Bertz CT molecular complexity index is 370. The molecule has 1 N–H and O–H groups in total. The van der Waals surface area contributed by atoms with E-state index in [9.17, 15) is 9.59 Å². The van der Waals surface area contributed by atoms with E-state index in [-0.39, 0.29) is 24.0 Å². The van der Waals surface area contributed by atoms with E-state index in [1.165, 1.54) is 4.90 Å². The number of urea groups is 1. The number of hydrogen-bond acceptors (Lipinski definition) is 3. The first-order valence-corrected chi connectivity index (χ1v) is 7.23. The third kappa shape index (κ3) is 2.61. The second-order valence-electron chi connectivity index (χ2n) is 5.92. The molecule has 2 unspecified atom stereocenters. The lowest BCUT2D eigenvalue weighted by molar-refractivity contribution is -0.134. The van der Waals surface area contributed by atoms with Gasteiger partial charge in [0.2, 0.25) is 0 Å². The van der Waals surface area contributed by atoms with Crippen molar-refractivity contribution < 1.29 is 14.3 Å². The van der Waals surface area contributed by atoms with Crippen LogP contribution in [0.5, 0.6) is 0 Å². The molecule has 0 aromatic rings. The molecule has 108 valence electrons. The van der Waals surface area contributed by atoms with Crippen molar-refractivity contribution in [3.8, 4) is 0 Å². The minimum atomic E-state index is -0.646. The topological polar surface area (TPSA) is 58.6 Å². The number of amides is 3. The van der Waals surface area contributed by atoms with Crippen molar-refractivity contribution in [1.29, 1.82) is 0 Å². The Labute approximate surface area is 114 Å². The van der Waals surface area contributed by atoms with Gasteiger partial charge in [0.05, 0.1) is 19.3 Å². The Morgan fingerprint density at radius 3 is 2.79 bits per heavy atom. The molecule has 1 heterocycles. The number of ether oxygens (including phenoxy) is 1. The molecule has 1 saturated heterocycles. The molecule has 19 heavy (non-hydrogen) atoms. The summed E-state index contributed by atoms with van der Waals surface area (Å²) in [7, 11) is 0. The summed E-state index contributed by atoms with van der Waals surface area (Å²) in [5, 5.41) is 2.94. The molecule has 5 heteroatoms. The third-order valence-corrected chi connectivity index (χ3v) is 4.27. The molecule has 0 aromatic heterocycles. The van der Waals surface area contributed by atoms with Gasteiger partial charge >= 0.3 is 6.03 Å². The maximum atomic E-state index is 12.6. The number of rotatable bonds is 4. The monoisotopic (exact) mass is 268 g/mol. The van der Waals surface area contributed by atoms with Gasteiger partial charge in [-0.3, -0.25) is 9.69 Å². The Morgan fingerprint density at radius 2 is 2.16 bits per heavy atom. The molecular weight excluding hydrogens is 244 g/mol. The largest absolute Gasteiger partial charge is 0.377 e. The van der Waals surface area contributed by atoms with E-state index in [4.69, 9.17) is 4.74 Å². The molecule has 1 saturated carbocycles. The molecule has 1 aliphatic heterocycles. The van der Waals surface area contributed by atoms with Crippen molar-refractivity contribution >= 4 is 11.9 Å². The van der Waals surface area contributed by atoms with Crippen LogP contribution in [-0.4, -0.2) is 41.6 Å². The Hall–Kier alpha value is -1.10. The van der Waals surface area contributed by atoms with Crippen LogP contribution < -0.4 is 5.32 Å². The normalized spacial score (nSPS) is 31.4. The second-order valence-corrected chi connectivity index (χ2v) is 5.92. The van der Waals surface area contributed by atoms with E-state index in [1.54, 1.807) is 0 Å². The highest BCUT2D eigenvalue weighted by Gasteiger charge is 2.54. The summed E-state index contributed by atoms with van der Waals surface area (Å²) >= 11 is 0. The highest BCUT2D eigenvalue weighted by atomic mass is 16.5. The van der Waals surface area contributed by atoms with Crippen molar-refractivity contribution in [2.24, 2.45) is 5.92 Å². The van der Waals surface area contributed by atoms with Crippen LogP contribution >= 0.6 is 0 Å². The number of hydrogen-bond donors (Lipinski definition) is 1. The van der Waals surface area contributed by atoms with Crippen LogP contribution in [0.15, 0.2) is 0 Å². The first-order chi connectivity index (χ1) is 8.97. The predicted molar refractivity (Wildman–Crippen MR) is 71.7 cm³/mol. The lowest BCUT2D eigenvalue weighted by atomic mass is 9.73. The van der Waals surface area contributed by atoms with Gasteiger partial charge in [0.1, 0.15) is 5.54 Å². The Balaban J connectivity index is 2.03. The minimum absolute atomic E-state index is 0.0583. The molecule has 2 aliphatic rings. The molecule has 1 spiro atoms. The number of carbonyl (C=O) groups excluding carboxylic acids is 2. The first-order valence-electron chi connectivity index (χ1n) is 7.23. The van der Waals surface area contributed by atoms with E-state index in [0.29, 0.717) is 13.2 Å². The molecular formula is C14H24N2O3. The summed E-state index contributed by atoms with van der Waals surface area (Å²) in [6.45, 7) is 6.69.